The van der Waals surface area contributed by atoms with E-state index < -0.39 is 19.8 Å². The molecule has 0 fully saturated rings. The van der Waals surface area contributed by atoms with Gasteiger partial charge in [0.05, 0.1) is 19.8 Å². The van der Waals surface area contributed by atoms with Gasteiger partial charge in [0.25, 0.3) is 0 Å². The second-order valence-corrected chi connectivity index (χ2v) is 15.4. The third-order valence-corrected chi connectivity index (χ3v) is 10.6. The second kappa shape index (κ2) is 8.81. The number of rotatable bonds is 6. The molecule has 0 spiro atoms. The van der Waals surface area contributed by atoms with E-state index in [1.807, 2.05) is 39.0 Å². The van der Waals surface area contributed by atoms with E-state index in [-0.39, 0.29) is 10.9 Å². The minimum absolute atomic E-state index is 0.115. The van der Waals surface area contributed by atoms with Crippen molar-refractivity contribution in [1.82, 2.24) is 0 Å². The first kappa shape index (κ1) is 24.6. The second-order valence-electron chi connectivity index (χ2n) is 10.6. The summed E-state index contributed by atoms with van der Waals surface area (Å²) < 4.78 is 26.4. The summed E-state index contributed by atoms with van der Waals surface area (Å²) in [5.74, 6) is 0.233. The zero-order chi connectivity index (χ0) is 22.9. The first-order valence-corrected chi connectivity index (χ1v) is 13.4. The molecule has 2 aromatic rings. The predicted molar refractivity (Wildman–Crippen MR) is 125 cm³/mol. The lowest BCUT2D eigenvalue weighted by molar-refractivity contribution is 0.0630. The Morgan fingerprint density at radius 3 is 2.13 bits per heavy atom. The van der Waals surface area contributed by atoms with Crippen molar-refractivity contribution in [2.75, 3.05) is 7.11 Å². The smallest absolute Gasteiger partial charge is 0.192 e. The molecule has 0 saturated heterocycles. The van der Waals surface area contributed by atoms with Gasteiger partial charge in [-0.15, -0.1) is 0 Å². The molecule has 0 aliphatic rings. The molecule has 0 unspecified atom stereocenters. The number of aliphatic hydroxyl groups is 1. The summed E-state index contributed by atoms with van der Waals surface area (Å²) in [5, 5.41) is 11.2. The van der Waals surface area contributed by atoms with Crippen LogP contribution >= 0.6 is 0 Å². The van der Waals surface area contributed by atoms with Gasteiger partial charge in [0.1, 0.15) is 11.6 Å². The van der Waals surface area contributed by atoms with Gasteiger partial charge >= 0.3 is 0 Å². The molecule has 2 rings (SSSR count). The van der Waals surface area contributed by atoms with Crippen LogP contribution < -0.4 is 4.74 Å². The molecule has 0 heterocycles. The average Bonchev–Trinajstić information content (AvgIpc) is 2.64. The van der Waals surface area contributed by atoms with Crippen molar-refractivity contribution in [1.29, 1.82) is 0 Å². The van der Waals surface area contributed by atoms with Crippen LogP contribution in [0.15, 0.2) is 36.4 Å². The number of ether oxygens (including phenoxy) is 1. The third-order valence-electron chi connectivity index (χ3n) is 6.10. The highest BCUT2D eigenvalue weighted by Crippen LogP contribution is 2.41. The third kappa shape index (κ3) is 5.51. The number of aliphatic hydroxyl groups excluding tert-OH is 1. The van der Waals surface area contributed by atoms with Crippen LogP contribution in [0.3, 0.4) is 0 Å². The average molecular weight is 433 g/mol. The molecule has 2 aromatic carbocycles. The van der Waals surface area contributed by atoms with Crippen LogP contribution in [0, 0.1) is 11.2 Å². The molecule has 0 bridgehead atoms. The molecule has 0 aliphatic heterocycles. The monoisotopic (exact) mass is 432 g/mol. The highest BCUT2D eigenvalue weighted by Gasteiger charge is 2.37. The maximum atomic E-state index is 14.7. The SMILES string of the molecule is COc1ccc(F)c(-c2ccc(CO[Si](C)(C)C(C)(C)C)cc2[C@@H](O)C(C)(C)C)c1. The van der Waals surface area contributed by atoms with Crippen LogP contribution in [0.25, 0.3) is 11.1 Å². The van der Waals surface area contributed by atoms with E-state index in [9.17, 15) is 9.50 Å². The molecule has 0 amide bonds. The molecule has 0 radical (unpaired) electrons. The Morgan fingerprint density at radius 2 is 1.60 bits per heavy atom. The van der Waals surface area contributed by atoms with E-state index in [4.69, 9.17) is 9.16 Å². The molecule has 166 valence electrons. The molecule has 5 heteroatoms. The minimum Gasteiger partial charge on any atom is -0.497 e. The van der Waals surface area contributed by atoms with Crippen molar-refractivity contribution in [3.05, 3.63) is 53.3 Å². The highest BCUT2D eigenvalue weighted by molar-refractivity contribution is 6.74. The molecule has 1 N–H and O–H groups in total. The molecular formula is C25H37FO3Si. The standard InChI is InChI=1S/C25H37FO3Si/c1-24(2,3)23(27)21-14-17(16-29-30(8,9)25(4,5)6)10-12-19(21)20-15-18(28-7)11-13-22(20)26/h10-15,23,27H,16H2,1-9H3/t23-/m1/s1. The Hall–Kier alpha value is -1.69. The van der Waals surface area contributed by atoms with Gasteiger partial charge in [-0.1, -0.05) is 59.7 Å². The van der Waals surface area contributed by atoms with E-state index in [0.29, 0.717) is 29.0 Å². The summed E-state index contributed by atoms with van der Waals surface area (Å²) >= 11 is 0. The summed E-state index contributed by atoms with van der Waals surface area (Å²) in [5.41, 5.74) is 2.37. The first-order valence-electron chi connectivity index (χ1n) is 10.5. The normalized spacial score (nSPS) is 14.0. The van der Waals surface area contributed by atoms with Crippen LogP contribution in [-0.2, 0) is 11.0 Å². The fourth-order valence-corrected chi connectivity index (χ4v) is 3.92. The van der Waals surface area contributed by atoms with E-state index in [1.165, 1.54) is 6.07 Å². The van der Waals surface area contributed by atoms with Crippen molar-refractivity contribution >= 4 is 8.32 Å². The predicted octanol–water partition coefficient (Wildman–Crippen LogP) is 7.10. The van der Waals surface area contributed by atoms with Gasteiger partial charge < -0.3 is 14.3 Å². The Labute approximate surface area is 182 Å². The summed E-state index contributed by atoms with van der Waals surface area (Å²) in [4.78, 5) is 0. The van der Waals surface area contributed by atoms with E-state index in [0.717, 1.165) is 5.56 Å². The van der Waals surface area contributed by atoms with Gasteiger partial charge in [0, 0.05) is 5.56 Å². The Morgan fingerprint density at radius 1 is 0.967 bits per heavy atom. The van der Waals surface area contributed by atoms with Crippen LogP contribution in [-0.4, -0.2) is 20.5 Å². The maximum Gasteiger partial charge on any atom is 0.192 e. The van der Waals surface area contributed by atoms with Gasteiger partial charge in [0.2, 0.25) is 0 Å². The van der Waals surface area contributed by atoms with Crippen LogP contribution in [0.1, 0.15) is 58.8 Å². The fraction of sp³-hybridized carbons (Fsp3) is 0.520. The molecule has 0 saturated carbocycles. The van der Waals surface area contributed by atoms with E-state index >= 15 is 0 Å². The molecule has 1 atom stereocenters. The molecular weight excluding hydrogens is 395 g/mol. The molecule has 30 heavy (non-hydrogen) atoms. The zero-order valence-electron chi connectivity index (χ0n) is 19.9. The zero-order valence-corrected chi connectivity index (χ0v) is 20.9. The van der Waals surface area contributed by atoms with Crippen molar-refractivity contribution in [3.8, 4) is 16.9 Å². The number of methoxy groups -OCH3 is 1. The highest BCUT2D eigenvalue weighted by atomic mass is 28.4. The van der Waals surface area contributed by atoms with E-state index in [2.05, 4.69) is 33.9 Å². The van der Waals surface area contributed by atoms with Crippen molar-refractivity contribution in [2.45, 2.75) is 72.4 Å². The maximum absolute atomic E-state index is 14.7. The van der Waals surface area contributed by atoms with Gasteiger partial charge in [-0.25, -0.2) is 4.39 Å². The molecule has 0 aromatic heterocycles. The number of halogens is 1. The quantitative estimate of drug-likeness (QED) is 0.495. The topological polar surface area (TPSA) is 38.7 Å². The summed E-state index contributed by atoms with van der Waals surface area (Å²) in [7, 11) is -0.348. The number of benzene rings is 2. The Kier molecular flexibility index (Phi) is 7.22. The summed E-state index contributed by atoms with van der Waals surface area (Å²) in [6, 6.07) is 10.5. The van der Waals surface area contributed by atoms with Crippen molar-refractivity contribution in [3.63, 3.8) is 0 Å². The summed E-state index contributed by atoms with van der Waals surface area (Å²) in [6.07, 6.45) is -0.758. The Bertz CT molecular complexity index is 879. The van der Waals surface area contributed by atoms with Gasteiger partial charge in [-0.2, -0.15) is 0 Å². The fourth-order valence-electron chi connectivity index (χ4n) is 2.96. The lowest BCUT2D eigenvalue weighted by Gasteiger charge is -2.36. The lowest BCUT2D eigenvalue weighted by atomic mass is 9.81. The minimum atomic E-state index is -1.91. The summed E-state index contributed by atoms with van der Waals surface area (Å²) in [6.45, 7) is 17.5. The Balaban J connectivity index is 2.52. The van der Waals surface area contributed by atoms with Crippen molar-refractivity contribution in [2.24, 2.45) is 5.41 Å². The first-order chi connectivity index (χ1) is 13.7. The van der Waals surface area contributed by atoms with Gasteiger partial charge in [0.15, 0.2) is 8.32 Å². The molecule has 3 nitrogen and oxygen atoms in total. The van der Waals surface area contributed by atoms with Gasteiger partial charge in [-0.3, -0.25) is 0 Å². The van der Waals surface area contributed by atoms with Crippen LogP contribution in [0.4, 0.5) is 4.39 Å². The largest absolute Gasteiger partial charge is 0.497 e. The van der Waals surface area contributed by atoms with Gasteiger partial charge in [-0.05, 0) is 58.4 Å². The number of hydrogen-bond acceptors (Lipinski definition) is 3. The lowest BCUT2D eigenvalue weighted by Crippen LogP contribution is -2.40. The van der Waals surface area contributed by atoms with Crippen LogP contribution in [0.5, 0.6) is 5.75 Å². The van der Waals surface area contributed by atoms with Crippen LogP contribution in [0.2, 0.25) is 18.1 Å². The number of hydrogen-bond donors (Lipinski definition) is 1. The molecule has 0 aliphatic carbocycles. The van der Waals surface area contributed by atoms with Crippen molar-refractivity contribution < 1.29 is 18.7 Å². The van der Waals surface area contributed by atoms with E-state index in [1.54, 1.807) is 19.2 Å².